The fourth-order valence-electron chi connectivity index (χ4n) is 2.97. The number of pyridine rings is 1. The van der Waals surface area contributed by atoms with Crippen molar-refractivity contribution in [2.24, 2.45) is 0 Å². The van der Waals surface area contributed by atoms with E-state index >= 15 is 0 Å². The summed E-state index contributed by atoms with van der Waals surface area (Å²) < 4.78 is 1.66. The van der Waals surface area contributed by atoms with Crippen LogP contribution in [0.15, 0.2) is 42.7 Å². The second kappa shape index (κ2) is 6.79. The number of nitrogens with zero attached hydrogens (tertiary/aromatic N) is 5. The largest absolute Gasteiger partial charge is 0.306 e. The number of carbonyl (C=O) groups is 1. The highest BCUT2D eigenvalue weighted by Crippen LogP contribution is 2.33. The molecule has 6 nitrogen and oxygen atoms in total. The van der Waals surface area contributed by atoms with Crippen LogP contribution in [-0.2, 0) is 0 Å². The van der Waals surface area contributed by atoms with E-state index in [9.17, 15) is 4.79 Å². The first-order valence-electron chi connectivity index (χ1n) is 8.31. The SMILES string of the molecule is Cc1ccc(-n2nnc3c2C=CN(C(=O)c2cccc(Cl)c2Cl)C3C)nc1. The Bertz CT molecular complexity index is 1060. The standard InChI is InChI=1S/C19H15Cl2N5O/c1-11-6-7-16(22-10-11)26-15-8-9-25(12(2)18(15)23-24-26)19(27)13-4-3-5-14(20)17(13)21/h3-10,12H,1-2H3. The predicted molar refractivity (Wildman–Crippen MR) is 104 cm³/mol. The minimum atomic E-state index is -0.313. The highest BCUT2D eigenvalue weighted by Gasteiger charge is 2.31. The summed E-state index contributed by atoms with van der Waals surface area (Å²) in [5, 5.41) is 9.07. The lowest BCUT2D eigenvalue weighted by atomic mass is 10.1. The van der Waals surface area contributed by atoms with E-state index in [-0.39, 0.29) is 17.0 Å². The van der Waals surface area contributed by atoms with Crippen LogP contribution in [0.2, 0.25) is 10.0 Å². The maximum absolute atomic E-state index is 13.0. The summed E-state index contributed by atoms with van der Waals surface area (Å²) in [5.74, 6) is 0.420. The molecule has 1 aliphatic rings. The third-order valence-electron chi connectivity index (χ3n) is 4.47. The van der Waals surface area contributed by atoms with E-state index in [4.69, 9.17) is 23.2 Å². The van der Waals surface area contributed by atoms with Gasteiger partial charge in [-0.15, -0.1) is 5.10 Å². The average molecular weight is 400 g/mol. The lowest BCUT2D eigenvalue weighted by Crippen LogP contribution is -2.31. The number of aromatic nitrogens is 4. The van der Waals surface area contributed by atoms with Crippen LogP contribution in [0.3, 0.4) is 0 Å². The minimum absolute atomic E-state index is 0.239. The van der Waals surface area contributed by atoms with Crippen LogP contribution >= 0.6 is 23.2 Å². The van der Waals surface area contributed by atoms with Crippen molar-refractivity contribution >= 4 is 35.2 Å². The van der Waals surface area contributed by atoms with E-state index in [0.717, 1.165) is 11.3 Å². The van der Waals surface area contributed by atoms with Crippen LogP contribution in [0.4, 0.5) is 0 Å². The minimum Gasteiger partial charge on any atom is -0.306 e. The van der Waals surface area contributed by atoms with Gasteiger partial charge in [0.25, 0.3) is 5.91 Å². The molecule has 4 rings (SSSR count). The molecule has 136 valence electrons. The van der Waals surface area contributed by atoms with Crippen LogP contribution < -0.4 is 0 Å². The van der Waals surface area contributed by atoms with E-state index < -0.39 is 0 Å². The van der Waals surface area contributed by atoms with Gasteiger partial charge in [0.15, 0.2) is 5.82 Å². The number of aryl methyl sites for hydroxylation is 1. The number of benzene rings is 1. The number of fused-ring (bicyclic) bond motifs is 1. The van der Waals surface area contributed by atoms with Crippen molar-refractivity contribution in [3.05, 3.63) is 75.3 Å². The number of hydrogen-bond donors (Lipinski definition) is 0. The molecule has 0 fully saturated rings. The van der Waals surface area contributed by atoms with Gasteiger partial charge in [0.2, 0.25) is 0 Å². The van der Waals surface area contributed by atoms with Crippen molar-refractivity contribution < 1.29 is 4.79 Å². The second-order valence-corrected chi connectivity index (χ2v) is 7.06. The molecule has 2 aromatic heterocycles. The Labute approximate surface area is 166 Å². The van der Waals surface area contributed by atoms with Crippen LogP contribution in [0.25, 0.3) is 11.9 Å². The van der Waals surface area contributed by atoms with Gasteiger partial charge in [-0.05, 0) is 43.7 Å². The van der Waals surface area contributed by atoms with Crippen LogP contribution in [0.5, 0.6) is 0 Å². The van der Waals surface area contributed by atoms with Gasteiger partial charge in [-0.2, -0.15) is 4.68 Å². The summed E-state index contributed by atoms with van der Waals surface area (Å²) >= 11 is 12.3. The quantitative estimate of drug-likeness (QED) is 0.637. The van der Waals surface area contributed by atoms with Crippen molar-refractivity contribution in [3.8, 4) is 5.82 Å². The molecule has 0 saturated heterocycles. The lowest BCUT2D eigenvalue weighted by Gasteiger charge is -2.28. The van der Waals surface area contributed by atoms with Gasteiger partial charge in [-0.3, -0.25) is 4.79 Å². The molecule has 27 heavy (non-hydrogen) atoms. The molecular weight excluding hydrogens is 385 g/mol. The molecule has 3 heterocycles. The van der Waals surface area contributed by atoms with E-state index in [1.165, 1.54) is 0 Å². The molecule has 1 unspecified atom stereocenters. The number of hydrogen-bond acceptors (Lipinski definition) is 4. The first-order chi connectivity index (χ1) is 13.0. The summed E-state index contributed by atoms with van der Waals surface area (Å²) in [7, 11) is 0. The highest BCUT2D eigenvalue weighted by molar-refractivity contribution is 6.43. The smallest absolute Gasteiger partial charge is 0.259 e. The highest BCUT2D eigenvalue weighted by atomic mass is 35.5. The van der Waals surface area contributed by atoms with E-state index in [1.54, 1.807) is 46.3 Å². The van der Waals surface area contributed by atoms with Gasteiger partial charge in [0.1, 0.15) is 5.69 Å². The van der Waals surface area contributed by atoms with Gasteiger partial charge < -0.3 is 4.90 Å². The first kappa shape index (κ1) is 17.7. The van der Waals surface area contributed by atoms with E-state index in [0.29, 0.717) is 22.1 Å². The molecule has 8 heteroatoms. The molecule has 0 N–H and O–H groups in total. The Morgan fingerprint density at radius 1 is 1.19 bits per heavy atom. The van der Waals surface area contributed by atoms with Crippen LogP contribution in [0, 0.1) is 6.92 Å². The monoisotopic (exact) mass is 399 g/mol. The summed E-state index contributed by atoms with van der Waals surface area (Å²) in [6.45, 7) is 3.86. The van der Waals surface area contributed by atoms with Gasteiger partial charge in [0.05, 0.1) is 27.3 Å². The molecule has 0 spiro atoms. The molecule has 1 aliphatic heterocycles. The molecule has 0 saturated carbocycles. The maximum atomic E-state index is 13.0. The second-order valence-electron chi connectivity index (χ2n) is 6.27. The van der Waals surface area contributed by atoms with Gasteiger partial charge in [-0.1, -0.05) is 40.5 Å². The Morgan fingerprint density at radius 3 is 2.74 bits per heavy atom. The van der Waals surface area contributed by atoms with Gasteiger partial charge in [-0.25, -0.2) is 4.98 Å². The van der Waals surface area contributed by atoms with Gasteiger partial charge in [0, 0.05) is 12.4 Å². The molecule has 1 atom stereocenters. The van der Waals surface area contributed by atoms with Crippen molar-refractivity contribution in [1.82, 2.24) is 24.9 Å². The average Bonchev–Trinajstić information content (AvgIpc) is 3.09. The molecular formula is C19H15Cl2N5O. The normalized spacial score (nSPS) is 15.7. The van der Waals surface area contributed by atoms with Crippen molar-refractivity contribution in [3.63, 3.8) is 0 Å². The number of rotatable bonds is 2. The molecule has 3 aromatic rings. The lowest BCUT2D eigenvalue weighted by molar-refractivity contribution is 0.0774. The van der Waals surface area contributed by atoms with Crippen molar-refractivity contribution in [1.29, 1.82) is 0 Å². The predicted octanol–water partition coefficient (Wildman–Crippen LogP) is 4.47. The maximum Gasteiger partial charge on any atom is 0.259 e. The molecule has 1 amide bonds. The van der Waals surface area contributed by atoms with Crippen molar-refractivity contribution in [2.45, 2.75) is 19.9 Å². The Morgan fingerprint density at radius 2 is 2.00 bits per heavy atom. The number of carbonyl (C=O) groups excluding carboxylic acids is 1. The van der Waals surface area contributed by atoms with E-state index in [1.807, 2.05) is 26.0 Å². The van der Waals surface area contributed by atoms with E-state index in [2.05, 4.69) is 15.3 Å². The fraction of sp³-hybridized carbons (Fsp3) is 0.158. The zero-order valence-corrected chi connectivity index (χ0v) is 16.1. The Balaban J connectivity index is 1.69. The first-order valence-corrected chi connectivity index (χ1v) is 9.06. The van der Waals surface area contributed by atoms with Gasteiger partial charge >= 0.3 is 0 Å². The Hall–Kier alpha value is -2.70. The topological polar surface area (TPSA) is 63.9 Å². The number of amides is 1. The summed E-state index contributed by atoms with van der Waals surface area (Å²) in [6, 6.07) is 8.53. The summed E-state index contributed by atoms with van der Waals surface area (Å²) in [6.07, 6.45) is 5.28. The fourth-order valence-corrected chi connectivity index (χ4v) is 3.35. The third-order valence-corrected chi connectivity index (χ3v) is 5.29. The zero-order valence-electron chi connectivity index (χ0n) is 14.6. The molecule has 0 aliphatic carbocycles. The Kier molecular flexibility index (Phi) is 4.45. The van der Waals surface area contributed by atoms with Crippen molar-refractivity contribution in [2.75, 3.05) is 0 Å². The zero-order chi connectivity index (χ0) is 19.1. The molecule has 0 bridgehead atoms. The van der Waals surface area contributed by atoms with Crippen LogP contribution in [0.1, 0.15) is 40.3 Å². The summed E-state index contributed by atoms with van der Waals surface area (Å²) in [5.41, 5.74) is 2.88. The molecule has 0 radical (unpaired) electrons. The third kappa shape index (κ3) is 3.01. The number of halogens is 2. The molecule has 1 aromatic carbocycles. The summed E-state index contributed by atoms with van der Waals surface area (Å²) in [4.78, 5) is 18.9. The van der Waals surface area contributed by atoms with Crippen LogP contribution in [-0.4, -0.2) is 30.8 Å².